The summed E-state index contributed by atoms with van der Waals surface area (Å²) in [6.45, 7) is 1.61. The third-order valence-electron chi connectivity index (χ3n) is 2.27. The van der Waals surface area contributed by atoms with E-state index in [9.17, 15) is 14.0 Å². The van der Waals surface area contributed by atoms with Crippen molar-refractivity contribution < 1.29 is 19.1 Å². The summed E-state index contributed by atoms with van der Waals surface area (Å²) in [7, 11) is 0. The second-order valence-corrected chi connectivity index (χ2v) is 3.86. The highest BCUT2D eigenvalue weighted by molar-refractivity contribution is 5.78. The highest BCUT2D eigenvalue weighted by Crippen LogP contribution is 2.08. The molecule has 1 rings (SSSR count). The molecule has 0 heterocycles. The number of carboxylic acid groups (broad SMARTS) is 1. The Bertz CT molecular complexity index is 449. The third kappa shape index (κ3) is 4.92. The van der Waals surface area contributed by atoms with E-state index in [1.165, 1.54) is 6.07 Å². The van der Waals surface area contributed by atoms with Crippen molar-refractivity contribution in [3.05, 3.63) is 35.1 Å². The first-order valence-corrected chi connectivity index (χ1v) is 5.43. The zero-order valence-electron chi connectivity index (χ0n) is 10.00. The monoisotopic (exact) mass is 254 g/mol. The lowest BCUT2D eigenvalue weighted by atomic mass is 10.1. The van der Waals surface area contributed by atoms with Gasteiger partial charge in [0, 0.05) is 6.54 Å². The Morgan fingerprint density at radius 3 is 2.67 bits per heavy atom. The average molecular weight is 254 g/mol. The maximum absolute atomic E-state index is 13.0. The summed E-state index contributed by atoms with van der Waals surface area (Å²) in [5.41, 5.74) is 1.31. The first-order chi connectivity index (χ1) is 8.49. The summed E-state index contributed by atoms with van der Waals surface area (Å²) in [6, 6.07) is 4.59. The van der Waals surface area contributed by atoms with Gasteiger partial charge in [0.2, 0.25) is 5.91 Å². The van der Waals surface area contributed by atoms with Gasteiger partial charge < -0.3 is 10.4 Å². The molecule has 0 aliphatic carbocycles. The van der Waals surface area contributed by atoms with E-state index in [4.69, 9.17) is 5.11 Å². The summed E-state index contributed by atoms with van der Waals surface area (Å²) in [6.07, 6.45) is 0. The largest absolute Gasteiger partial charge is 0.480 e. The standard InChI is InChI=1S/C12H15FN2O3/c1-8-4-9(2-3-10(8)13)5-15-11(16)6-14-7-12(17)18/h2-4,14H,5-7H2,1H3,(H,15,16)(H,17,18). The topological polar surface area (TPSA) is 78.4 Å². The molecule has 0 unspecified atom stereocenters. The van der Waals surface area contributed by atoms with Crippen LogP contribution in [-0.4, -0.2) is 30.1 Å². The van der Waals surface area contributed by atoms with E-state index in [1.54, 1.807) is 19.1 Å². The molecule has 1 amide bonds. The van der Waals surface area contributed by atoms with Crippen LogP contribution in [0.1, 0.15) is 11.1 Å². The Morgan fingerprint density at radius 1 is 1.33 bits per heavy atom. The van der Waals surface area contributed by atoms with Gasteiger partial charge in [0.25, 0.3) is 0 Å². The molecule has 0 radical (unpaired) electrons. The van der Waals surface area contributed by atoms with E-state index in [-0.39, 0.29) is 31.4 Å². The molecule has 3 N–H and O–H groups in total. The molecule has 6 heteroatoms. The number of carboxylic acids is 1. The molecule has 0 fully saturated rings. The minimum Gasteiger partial charge on any atom is -0.480 e. The lowest BCUT2D eigenvalue weighted by Crippen LogP contribution is -2.35. The summed E-state index contributed by atoms with van der Waals surface area (Å²) in [5.74, 6) is -1.61. The summed E-state index contributed by atoms with van der Waals surface area (Å²) in [5, 5.41) is 13.4. The van der Waals surface area contributed by atoms with Crippen molar-refractivity contribution in [2.45, 2.75) is 13.5 Å². The van der Waals surface area contributed by atoms with Crippen molar-refractivity contribution in [2.24, 2.45) is 0 Å². The molecule has 0 spiro atoms. The maximum Gasteiger partial charge on any atom is 0.317 e. The fourth-order valence-electron chi connectivity index (χ4n) is 1.36. The van der Waals surface area contributed by atoms with Gasteiger partial charge in [0.1, 0.15) is 5.82 Å². The Balaban J connectivity index is 2.33. The second-order valence-electron chi connectivity index (χ2n) is 3.86. The van der Waals surface area contributed by atoms with Crippen molar-refractivity contribution in [1.29, 1.82) is 0 Å². The van der Waals surface area contributed by atoms with E-state index in [0.29, 0.717) is 5.56 Å². The van der Waals surface area contributed by atoms with Crippen molar-refractivity contribution in [3.63, 3.8) is 0 Å². The van der Waals surface area contributed by atoms with Crippen molar-refractivity contribution >= 4 is 11.9 Å². The van der Waals surface area contributed by atoms with Crippen LogP contribution in [0.4, 0.5) is 4.39 Å². The number of aliphatic carboxylic acids is 1. The smallest absolute Gasteiger partial charge is 0.317 e. The Kier molecular flexibility index (Phi) is 5.26. The van der Waals surface area contributed by atoms with E-state index in [0.717, 1.165) is 5.56 Å². The molecule has 0 saturated heterocycles. The van der Waals surface area contributed by atoms with Gasteiger partial charge in [-0.15, -0.1) is 0 Å². The Morgan fingerprint density at radius 2 is 2.06 bits per heavy atom. The van der Waals surface area contributed by atoms with Gasteiger partial charge in [-0.25, -0.2) is 4.39 Å². The molecule has 5 nitrogen and oxygen atoms in total. The molecule has 98 valence electrons. The van der Waals surface area contributed by atoms with Gasteiger partial charge in [-0.2, -0.15) is 0 Å². The number of rotatable bonds is 6. The van der Waals surface area contributed by atoms with Crippen LogP contribution in [0.3, 0.4) is 0 Å². The molecule has 0 aliphatic rings. The van der Waals surface area contributed by atoms with Crippen LogP contribution < -0.4 is 10.6 Å². The molecule has 0 atom stereocenters. The fourth-order valence-corrected chi connectivity index (χ4v) is 1.36. The van der Waals surface area contributed by atoms with Crippen molar-refractivity contribution in [2.75, 3.05) is 13.1 Å². The molecule has 18 heavy (non-hydrogen) atoms. The SMILES string of the molecule is Cc1cc(CNC(=O)CNCC(=O)O)ccc1F. The van der Waals surface area contributed by atoms with Crippen molar-refractivity contribution in [3.8, 4) is 0 Å². The molecule has 0 bridgehead atoms. The fraction of sp³-hybridized carbons (Fsp3) is 0.333. The van der Waals surface area contributed by atoms with Crippen LogP contribution in [0.5, 0.6) is 0 Å². The highest BCUT2D eigenvalue weighted by Gasteiger charge is 2.03. The Hall–Kier alpha value is -1.95. The number of hydrogen-bond acceptors (Lipinski definition) is 3. The van der Waals surface area contributed by atoms with Crippen LogP contribution in [0.2, 0.25) is 0 Å². The highest BCUT2D eigenvalue weighted by atomic mass is 19.1. The Labute approximate surface area is 104 Å². The lowest BCUT2D eigenvalue weighted by Gasteiger charge is -2.06. The maximum atomic E-state index is 13.0. The van der Waals surface area contributed by atoms with E-state index >= 15 is 0 Å². The predicted octanol–water partition coefficient (Wildman–Crippen LogP) is 0.425. The molecule has 0 saturated carbocycles. The molecular formula is C12H15FN2O3. The molecule has 1 aromatic carbocycles. The van der Waals surface area contributed by atoms with Gasteiger partial charge in [-0.3, -0.25) is 14.9 Å². The van der Waals surface area contributed by atoms with Crippen LogP contribution in [-0.2, 0) is 16.1 Å². The van der Waals surface area contributed by atoms with E-state index < -0.39 is 5.97 Å². The number of benzene rings is 1. The van der Waals surface area contributed by atoms with Gasteiger partial charge in [-0.05, 0) is 24.1 Å². The number of carbonyl (C=O) groups excluding carboxylic acids is 1. The normalized spacial score (nSPS) is 10.1. The van der Waals surface area contributed by atoms with Gasteiger partial charge in [0.15, 0.2) is 0 Å². The van der Waals surface area contributed by atoms with Crippen molar-refractivity contribution in [1.82, 2.24) is 10.6 Å². The molecule has 0 aliphatic heterocycles. The first-order valence-electron chi connectivity index (χ1n) is 5.43. The minimum atomic E-state index is -1.02. The first kappa shape index (κ1) is 14.1. The molecular weight excluding hydrogens is 239 g/mol. The quantitative estimate of drug-likeness (QED) is 0.687. The summed E-state index contributed by atoms with van der Waals surface area (Å²) in [4.78, 5) is 21.5. The third-order valence-corrected chi connectivity index (χ3v) is 2.27. The van der Waals surface area contributed by atoms with E-state index in [1.807, 2.05) is 0 Å². The van der Waals surface area contributed by atoms with Crippen LogP contribution in [0.25, 0.3) is 0 Å². The number of aryl methyl sites for hydroxylation is 1. The molecule has 0 aromatic heterocycles. The second kappa shape index (κ2) is 6.70. The van der Waals surface area contributed by atoms with E-state index in [2.05, 4.69) is 10.6 Å². The van der Waals surface area contributed by atoms with Crippen LogP contribution in [0, 0.1) is 12.7 Å². The number of halogens is 1. The molecule has 1 aromatic rings. The van der Waals surface area contributed by atoms with Crippen LogP contribution in [0.15, 0.2) is 18.2 Å². The number of carbonyl (C=O) groups is 2. The number of hydrogen-bond donors (Lipinski definition) is 3. The van der Waals surface area contributed by atoms with Gasteiger partial charge in [-0.1, -0.05) is 12.1 Å². The van der Waals surface area contributed by atoms with Gasteiger partial charge in [0.05, 0.1) is 13.1 Å². The number of nitrogens with one attached hydrogen (secondary N) is 2. The zero-order valence-corrected chi connectivity index (χ0v) is 10.00. The minimum absolute atomic E-state index is 0.0630. The predicted molar refractivity (Wildman–Crippen MR) is 63.5 cm³/mol. The van der Waals surface area contributed by atoms with Gasteiger partial charge >= 0.3 is 5.97 Å². The lowest BCUT2D eigenvalue weighted by molar-refractivity contribution is -0.136. The van der Waals surface area contributed by atoms with Crippen LogP contribution >= 0.6 is 0 Å². The average Bonchev–Trinajstić information content (AvgIpc) is 2.30. The summed E-state index contributed by atoms with van der Waals surface area (Å²) >= 11 is 0. The zero-order chi connectivity index (χ0) is 13.5. The summed E-state index contributed by atoms with van der Waals surface area (Å²) < 4.78 is 13.0. The number of amides is 1.